The van der Waals surface area contributed by atoms with Gasteiger partial charge >= 0.3 is 0 Å². The van der Waals surface area contributed by atoms with Crippen molar-refractivity contribution in [3.63, 3.8) is 0 Å². The van der Waals surface area contributed by atoms with E-state index < -0.39 is 0 Å². The third-order valence-electron chi connectivity index (χ3n) is 3.77. The van der Waals surface area contributed by atoms with E-state index in [0.717, 1.165) is 35.3 Å². The molecule has 0 radical (unpaired) electrons. The predicted octanol–water partition coefficient (Wildman–Crippen LogP) is 3.12. The molecule has 25 heavy (non-hydrogen) atoms. The minimum Gasteiger partial charge on any atom is -0.489 e. The van der Waals surface area contributed by atoms with Gasteiger partial charge in [0.2, 0.25) is 5.89 Å². The first-order chi connectivity index (χ1) is 12.0. The maximum atomic E-state index is 5.98. The van der Waals surface area contributed by atoms with E-state index in [0.29, 0.717) is 19.0 Å². The zero-order valence-corrected chi connectivity index (χ0v) is 15.7. The van der Waals surface area contributed by atoms with Gasteiger partial charge in [0.1, 0.15) is 24.2 Å². The summed E-state index contributed by atoms with van der Waals surface area (Å²) in [5, 5.41) is 6.52. The standard InChI is InChI=1S/C19H28N4O2/c1-6-20-19(22-12-18-23-15(4)16(5)25-18)21-11-14(3)24-17-10-8-7-9-13(17)2/h7-10,14H,6,11-12H2,1-5H3,(H2,20,21,22). The SMILES string of the molecule is CCNC(=NCc1nc(C)c(C)o1)NCC(C)Oc1ccccc1C. The fourth-order valence-electron chi connectivity index (χ4n) is 2.28. The second-order valence-corrected chi connectivity index (χ2v) is 6.02. The number of benzene rings is 1. The van der Waals surface area contributed by atoms with Gasteiger partial charge in [-0.25, -0.2) is 9.98 Å². The highest BCUT2D eigenvalue weighted by molar-refractivity contribution is 5.79. The minimum atomic E-state index is 0.0104. The third kappa shape index (κ3) is 5.81. The maximum absolute atomic E-state index is 5.98. The van der Waals surface area contributed by atoms with E-state index in [4.69, 9.17) is 9.15 Å². The van der Waals surface area contributed by atoms with Crippen LogP contribution in [0.4, 0.5) is 0 Å². The minimum absolute atomic E-state index is 0.0104. The van der Waals surface area contributed by atoms with Gasteiger partial charge < -0.3 is 19.8 Å². The summed E-state index contributed by atoms with van der Waals surface area (Å²) in [7, 11) is 0. The van der Waals surface area contributed by atoms with Gasteiger partial charge in [-0.1, -0.05) is 18.2 Å². The van der Waals surface area contributed by atoms with Crippen LogP contribution in [0, 0.1) is 20.8 Å². The average molecular weight is 344 g/mol. The first-order valence-electron chi connectivity index (χ1n) is 8.67. The van der Waals surface area contributed by atoms with Gasteiger partial charge in [-0.2, -0.15) is 0 Å². The Morgan fingerprint density at radius 1 is 1.24 bits per heavy atom. The van der Waals surface area contributed by atoms with Crippen LogP contribution in [0.15, 0.2) is 33.7 Å². The normalized spacial score (nSPS) is 12.8. The molecule has 6 nitrogen and oxygen atoms in total. The lowest BCUT2D eigenvalue weighted by Gasteiger charge is -2.18. The van der Waals surface area contributed by atoms with E-state index in [2.05, 4.69) is 20.6 Å². The van der Waals surface area contributed by atoms with Crippen molar-refractivity contribution in [1.82, 2.24) is 15.6 Å². The largest absolute Gasteiger partial charge is 0.489 e. The molecule has 6 heteroatoms. The number of oxazole rings is 1. The molecule has 1 unspecified atom stereocenters. The molecule has 2 rings (SSSR count). The van der Waals surface area contributed by atoms with Crippen molar-refractivity contribution in [3.8, 4) is 5.75 Å². The van der Waals surface area contributed by atoms with Gasteiger partial charge in [-0.15, -0.1) is 0 Å². The van der Waals surface area contributed by atoms with Gasteiger partial charge in [0, 0.05) is 6.54 Å². The number of para-hydroxylation sites is 1. The Hall–Kier alpha value is -2.50. The molecule has 0 amide bonds. The molecule has 1 atom stereocenters. The number of guanidine groups is 1. The lowest BCUT2D eigenvalue weighted by molar-refractivity contribution is 0.222. The number of aryl methyl sites for hydroxylation is 3. The summed E-state index contributed by atoms with van der Waals surface area (Å²) in [6, 6.07) is 8.02. The Labute approximate surface area is 149 Å². The molecule has 0 bridgehead atoms. The molecule has 1 heterocycles. The first-order valence-corrected chi connectivity index (χ1v) is 8.67. The van der Waals surface area contributed by atoms with E-state index in [1.54, 1.807) is 0 Å². The zero-order valence-electron chi connectivity index (χ0n) is 15.7. The smallest absolute Gasteiger partial charge is 0.216 e. The molecular formula is C19H28N4O2. The number of aliphatic imine (C=N–C) groups is 1. The number of hydrogen-bond donors (Lipinski definition) is 2. The average Bonchev–Trinajstić information content (AvgIpc) is 2.90. The third-order valence-corrected chi connectivity index (χ3v) is 3.77. The maximum Gasteiger partial charge on any atom is 0.216 e. The van der Waals surface area contributed by atoms with Crippen LogP contribution in [0.1, 0.15) is 36.8 Å². The van der Waals surface area contributed by atoms with Crippen LogP contribution < -0.4 is 15.4 Å². The van der Waals surface area contributed by atoms with Crippen molar-refractivity contribution in [2.24, 2.45) is 4.99 Å². The summed E-state index contributed by atoms with van der Waals surface area (Å²) in [5.41, 5.74) is 2.04. The van der Waals surface area contributed by atoms with Gasteiger partial charge in [-0.05, 0) is 46.2 Å². The lowest BCUT2D eigenvalue weighted by atomic mass is 10.2. The van der Waals surface area contributed by atoms with Crippen LogP contribution in [-0.4, -0.2) is 30.1 Å². The molecular weight excluding hydrogens is 316 g/mol. The van der Waals surface area contributed by atoms with Crippen LogP contribution in [0.2, 0.25) is 0 Å². The van der Waals surface area contributed by atoms with Gasteiger partial charge in [-0.3, -0.25) is 0 Å². The molecule has 2 aromatic rings. The Morgan fingerprint density at radius 2 is 2.00 bits per heavy atom. The summed E-state index contributed by atoms with van der Waals surface area (Å²) < 4.78 is 11.5. The Bertz CT molecular complexity index is 690. The Morgan fingerprint density at radius 3 is 2.64 bits per heavy atom. The lowest BCUT2D eigenvalue weighted by Crippen LogP contribution is -2.41. The van der Waals surface area contributed by atoms with Crippen molar-refractivity contribution in [3.05, 3.63) is 47.2 Å². The quantitative estimate of drug-likeness (QED) is 0.596. The first kappa shape index (κ1) is 18.8. The van der Waals surface area contributed by atoms with E-state index in [1.807, 2.05) is 58.9 Å². The number of hydrogen-bond acceptors (Lipinski definition) is 4. The van der Waals surface area contributed by atoms with Gasteiger partial charge in [0.15, 0.2) is 5.96 Å². The molecule has 0 spiro atoms. The number of ether oxygens (including phenoxy) is 1. The summed E-state index contributed by atoms with van der Waals surface area (Å²) in [4.78, 5) is 8.87. The zero-order chi connectivity index (χ0) is 18.2. The van der Waals surface area contributed by atoms with E-state index >= 15 is 0 Å². The van der Waals surface area contributed by atoms with Crippen molar-refractivity contribution in [2.45, 2.75) is 47.3 Å². The molecule has 2 N–H and O–H groups in total. The fourth-order valence-corrected chi connectivity index (χ4v) is 2.28. The number of aromatic nitrogens is 1. The van der Waals surface area contributed by atoms with Crippen LogP contribution in [0.5, 0.6) is 5.75 Å². The molecule has 0 saturated heterocycles. The predicted molar refractivity (Wildman–Crippen MR) is 100 cm³/mol. The van der Waals surface area contributed by atoms with E-state index in [9.17, 15) is 0 Å². The van der Waals surface area contributed by atoms with Crippen LogP contribution in [0.3, 0.4) is 0 Å². The van der Waals surface area contributed by atoms with Crippen molar-refractivity contribution < 1.29 is 9.15 Å². The molecule has 0 fully saturated rings. The van der Waals surface area contributed by atoms with Gasteiger partial charge in [0.05, 0.1) is 12.2 Å². The molecule has 136 valence electrons. The molecule has 1 aromatic heterocycles. The number of nitrogens with zero attached hydrogens (tertiary/aromatic N) is 2. The fraction of sp³-hybridized carbons (Fsp3) is 0.474. The highest BCUT2D eigenvalue weighted by atomic mass is 16.5. The second kappa shape index (κ2) is 9.11. The van der Waals surface area contributed by atoms with Crippen molar-refractivity contribution in [2.75, 3.05) is 13.1 Å². The van der Waals surface area contributed by atoms with Crippen molar-refractivity contribution in [1.29, 1.82) is 0 Å². The van der Waals surface area contributed by atoms with Crippen molar-refractivity contribution >= 4 is 5.96 Å². The topological polar surface area (TPSA) is 71.7 Å². The van der Waals surface area contributed by atoms with E-state index in [1.165, 1.54) is 0 Å². The summed E-state index contributed by atoms with van der Waals surface area (Å²) in [6.07, 6.45) is 0.0104. The summed E-state index contributed by atoms with van der Waals surface area (Å²) in [6.45, 7) is 11.8. The molecule has 1 aromatic carbocycles. The highest BCUT2D eigenvalue weighted by Gasteiger charge is 2.08. The van der Waals surface area contributed by atoms with Crippen LogP contribution >= 0.6 is 0 Å². The monoisotopic (exact) mass is 344 g/mol. The Balaban J connectivity index is 1.89. The summed E-state index contributed by atoms with van der Waals surface area (Å²) in [5.74, 6) is 3.08. The molecule has 0 saturated carbocycles. The second-order valence-electron chi connectivity index (χ2n) is 6.02. The van der Waals surface area contributed by atoms with Gasteiger partial charge in [0.25, 0.3) is 0 Å². The number of nitrogens with one attached hydrogen (secondary N) is 2. The molecule has 0 aliphatic carbocycles. The van der Waals surface area contributed by atoms with Crippen LogP contribution in [-0.2, 0) is 6.54 Å². The number of rotatable bonds is 7. The Kier molecular flexibility index (Phi) is 6.86. The molecule has 0 aliphatic heterocycles. The summed E-state index contributed by atoms with van der Waals surface area (Å²) >= 11 is 0. The molecule has 0 aliphatic rings. The van der Waals surface area contributed by atoms with E-state index in [-0.39, 0.29) is 6.10 Å². The van der Waals surface area contributed by atoms with Crippen LogP contribution in [0.25, 0.3) is 0 Å². The highest BCUT2D eigenvalue weighted by Crippen LogP contribution is 2.17.